The molecule has 1 aromatic carbocycles. The Balaban J connectivity index is 2.30. The average Bonchev–Trinajstić information content (AvgIpc) is 2.39. The van der Waals surface area contributed by atoms with Crippen molar-refractivity contribution >= 4 is 10.9 Å². The van der Waals surface area contributed by atoms with Crippen LogP contribution in [0.4, 0.5) is 0 Å². The second kappa shape index (κ2) is 5.91. The molecule has 1 heterocycles. The number of nitrogens with two attached hydrogens (primary N) is 1. The number of aliphatic hydroxyl groups excluding tert-OH is 1. The minimum atomic E-state index is 0.0721. The Morgan fingerprint density at radius 2 is 2.17 bits per heavy atom. The summed E-state index contributed by atoms with van der Waals surface area (Å²) in [7, 11) is 0. The molecule has 2 aromatic rings. The van der Waals surface area contributed by atoms with Crippen molar-refractivity contribution < 1.29 is 5.11 Å². The molecule has 4 N–H and O–H groups in total. The van der Waals surface area contributed by atoms with Gasteiger partial charge < -0.3 is 16.2 Å². The van der Waals surface area contributed by atoms with Crippen LogP contribution < -0.4 is 11.1 Å². The first kappa shape index (κ1) is 13.0. The van der Waals surface area contributed by atoms with E-state index in [1.54, 1.807) is 0 Å². The van der Waals surface area contributed by atoms with Crippen molar-refractivity contribution in [2.24, 2.45) is 5.73 Å². The van der Waals surface area contributed by atoms with Gasteiger partial charge in [-0.25, -0.2) is 0 Å². The second-order valence-electron chi connectivity index (χ2n) is 4.37. The van der Waals surface area contributed by atoms with Crippen molar-refractivity contribution in [2.75, 3.05) is 19.7 Å². The molecule has 0 aliphatic carbocycles. The Bertz CT molecular complexity index is 527. The molecule has 1 aromatic heterocycles. The first-order valence-electron chi connectivity index (χ1n) is 6.16. The van der Waals surface area contributed by atoms with Gasteiger partial charge in [-0.2, -0.15) is 0 Å². The van der Waals surface area contributed by atoms with Gasteiger partial charge in [0.25, 0.3) is 0 Å². The van der Waals surface area contributed by atoms with Crippen molar-refractivity contribution in [3.8, 4) is 0 Å². The van der Waals surface area contributed by atoms with Gasteiger partial charge in [0.1, 0.15) is 0 Å². The van der Waals surface area contributed by atoms with Gasteiger partial charge in [-0.3, -0.25) is 4.98 Å². The number of aliphatic hydroxyl groups is 1. The summed E-state index contributed by atoms with van der Waals surface area (Å²) in [4.78, 5) is 4.47. The summed E-state index contributed by atoms with van der Waals surface area (Å²) in [6.45, 7) is 3.15. The molecule has 4 heteroatoms. The Labute approximate surface area is 107 Å². The highest BCUT2D eigenvalue weighted by Crippen LogP contribution is 2.19. The zero-order chi connectivity index (χ0) is 13.0. The van der Waals surface area contributed by atoms with Crippen LogP contribution in [0, 0.1) is 6.92 Å². The van der Waals surface area contributed by atoms with E-state index in [0.717, 1.165) is 22.2 Å². The van der Waals surface area contributed by atoms with Gasteiger partial charge in [0.2, 0.25) is 0 Å². The van der Waals surface area contributed by atoms with E-state index in [1.165, 1.54) is 0 Å². The van der Waals surface area contributed by atoms with Crippen molar-refractivity contribution in [2.45, 2.75) is 13.0 Å². The van der Waals surface area contributed by atoms with E-state index in [1.807, 2.05) is 25.1 Å². The maximum Gasteiger partial charge on any atom is 0.0705 e. The van der Waals surface area contributed by atoms with E-state index in [4.69, 9.17) is 10.8 Å². The summed E-state index contributed by atoms with van der Waals surface area (Å²) in [5.74, 6) is 0. The topological polar surface area (TPSA) is 71.2 Å². The largest absolute Gasteiger partial charge is 0.395 e. The van der Waals surface area contributed by atoms with Crippen molar-refractivity contribution in [3.05, 3.63) is 41.6 Å². The lowest BCUT2D eigenvalue weighted by molar-refractivity contribution is 0.285. The van der Waals surface area contributed by atoms with E-state index < -0.39 is 0 Å². The molecule has 0 saturated carbocycles. The molecule has 0 spiro atoms. The van der Waals surface area contributed by atoms with Gasteiger partial charge in [0, 0.05) is 30.2 Å². The highest BCUT2D eigenvalue weighted by Gasteiger charge is 2.09. The molecular weight excluding hydrogens is 226 g/mol. The van der Waals surface area contributed by atoms with Gasteiger partial charge in [0.05, 0.1) is 12.1 Å². The Morgan fingerprint density at radius 3 is 2.89 bits per heavy atom. The van der Waals surface area contributed by atoms with Gasteiger partial charge in [-0.15, -0.1) is 0 Å². The number of fused-ring (bicyclic) bond motifs is 1. The first-order valence-corrected chi connectivity index (χ1v) is 6.16. The Kier molecular flexibility index (Phi) is 4.25. The Morgan fingerprint density at radius 1 is 1.33 bits per heavy atom. The van der Waals surface area contributed by atoms with Gasteiger partial charge in [0.15, 0.2) is 0 Å². The summed E-state index contributed by atoms with van der Waals surface area (Å²) in [5.41, 5.74) is 8.90. The minimum Gasteiger partial charge on any atom is -0.395 e. The van der Waals surface area contributed by atoms with E-state index in [9.17, 15) is 0 Å². The molecule has 0 bridgehead atoms. The van der Waals surface area contributed by atoms with Crippen LogP contribution in [0.15, 0.2) is 30.3 Å². The molecule has 0 amide bonds. The molecule has 18 heavy (non-hydrogen) atoms. The third kappa shape index (κ3) is 2.85. The number of pyridine rings is 1. The summed E-state index contributed by atoms with van der Waals surface area (Å²) >= 11 is 0. The predicted molar refractivity (Wildman–Crippen MR) is 73.4 cm³/mol. The number of hydrogen-bond acceptors (Lipinski definition) is 4. The zero-order valence-corrected chi connectivity index (χ0v) is 10.6. The normalized spacial score (nSPS) is 12.8. The van der Waals surface area contributed by atoms with Crippen molar-refractivity contribution in [1.82, 2.24) is 10.3 Å². The Hall–Kier alpha value is -1.49. The lowest BCUT2D eigenvalue weighted by atomic mass is 10.0. The fourth-order valence-electron chi connectivity index (χ4n) is 2.04. The molecule has 0 aliphatic heterocycles. The second-order valence-corrected chi connectivity index (χ2v) is 4.37. The van der Waals surface area contributed by atoms with Crippen LogP contribution in [-0.4, -0.2) is 29.8 Å². The maximum absolute atomic E-state index is 8.85. The number of nitrogens with zero attached hydrogens (tertiary/aromatic N) is 1. The standard InChI is InChI=1S/C14H19N3O/c1-10-2-3-11-8-12(4-5-13(11)17-10)14(9-15)16-6-7-18/h2-5,8,14,16,18H,6-7,9,15H2,1H3. The maximum atomic E-state index is 8.85. The smallest absolute Gasteiger partial charge is 0.0705 e. The van der Waals surface area contributed by atoms with Crippen LogP contribution in [0.1, 0.15) is 17.3 Å². The predicted octanol–water partition coefficient (Wildman–Crippen LogP) is 1.12. The number of rotatable bonds is 5. The van der Waals surface area contributed by atoms with E-state index in [-0.39, 0.29) is 12.6 Å². The van der Waals surface area contributed by atoms with Crippen LogP contribution in [-0.2, 0) is 0 Å². The van der Waals surface area contributed by atoms with E-state index in [0.29, 0.717) is 13.1 Å². The highest BCUT2D eigenvalue weighted by atomic mass is 16.3. The number of aryl methyl sites for hydroxylation is 1. The molecule has 2 rings (SSSR count). The van der Waals surface area contributed by atoms with Crippen LogP contribution in [0.2, 0.25) is 0 Å². The number of hydrogen-bond donors (Lipinski definition) is 3. The quantitative estimate of drug-likeness (QED) is 0.738. The molecule has 1 unspecified atom stereocenters. The van der Waals surface area contributed by atoms with E-state index >= 15 is 0 Å². The molecule has 0 fully saturated rings. The summed E-state index contributed by atoms with van der Waals surface area (Å²) in [5, 5.41) is 13.2. The third-order valence-electron chi connectivity index (χ3n) is 2.99. The number of nitrogens with one attached hydrogen (secondary N) is 1. The highest BCUT2D eigenvalue weighted by molar-refractivity contribution is 5.79. The molecule has 0 saturated heterocycles. The SMILES string of the molecule is Cc1ccc2cc(C(CN)NCCO)ccc2n1. The lowest BCUT2D eigenvalue weighted by Crippen LogP contribution is -2.30. The number of benzene rings is 1. The fraction of sp³-hybridized carbons (Fsp3) is 0.357. The summed E-state index contributed by atoms with van der Waals surface area (Å²) < 4.78 is 0. The van der Waals surface area contributed by atoms with Gasteiger partial charge >= 0.3 is 0 Å². The molecule has 0 radical (unpaired) electrons. The summed E-state index contributed by atoms with van der Waals surface area (Å²) in [6, 6.07) is 10.3. The number of aromatic nitrogens is 1. The van der Waals surface area contributed by atoms with Gasteiger partial charge in [-0.05, 0) is 30.7 Å². The minimum absolute atomic E-state index is 0.0721. The molecule has 1 atom stereocenters. The van der Waals surface area contributed by atoms with Gasteiger partial charge in [-0.1, -0.05) is 12.1 Å². The molecule has 96 valence electrons. The van der Waals surface area contributed by atoms with Crippen molar-refractivity contribution in [1.29, 1.82) is 0 Å². The van der Waals surface area contributed by atoms with Crippen LogP contribution in [0.5, 0.6) is 0 Å². The first-order chi connectivity index (χ1) is 8.74. The van der Waals surface area contributed by atoms with E-state index in [2.05, 4.69) is 22.4 Å². The van der Waals surface area contributed by atoms with Crippen molar-refractivity contribution in [3.63, 3.8) is 0 Å². The monoisotopic (exact) mass is 245 g/mol. The molecule has 0 aliphatic rings. The third-order valence-corrected chi connectivity index (χ3v) is 2.99. The fourth-order valence-corrected chi connectivity index (χ4v) is 2.04. The zero-order valence-electron chi connectivity index (χ0n) is 10.6. The van der Waals surface area contributed by atoms with Crippen LogP contribution >= 0.6 is 0 Å². The average molecular weight is 245 g/mol. The van der Waals surface area contributed by atoms with Crippen LogP contribution in [0.3, 0.4) is 0 Å². The van der Waals surface area contributed by atoms with Crippen LogP contribution in [0.25, 0.3) is 10.9 Å². The molecule has 4 nitrogen and oxygen atoms in total. The molecular formula is C14H19N3O. The lowest BCUT2D eigenvalue weighted by Gasteiger charge is -2.17. The summed E-state index contributed by atoms with van der Waals surface area (Å²) in [6.07, 6.45) is 0.